The van der Waals surface area contributed by atoms with Gasteiger partial charge in [0.1, 0.15) is 0 Å². The van der Waals surface area contributed by atoms with Gasteiger partial charge < -0.3 is 15.3 Å². The van der Waals surface area contributed by atoms with Gasteiger partial charge in [-0.05, 0) is 38.1 Å². The third-order valence-electron chi connectivity index (χ3n) is 3.25. The van der Waals surface area contributed by atoms with Crippen LogP contribution in [0.4, 0.5) is 11.4 Å². The van der Waals surface area contributed by atoms with Crippen molar-refractivity contribution in [1.29, 1.82) is 0 Å². The van der Waals surface area contributed by atoms with E-state index < -0.39 is 0 Å². The summed E-state index contributed by atoms with van der Waals surface area (Å²) in [5, 5.41) is 12.5. The van der Waals surface area contributed by atoms with Gasteiger partial charge in [0.15, 0.2) is 0 Å². The second kappa shape index (κ2) is 7.26. The number of nitrogens with one attached hydrogen (secondary N) is 1. The third kappa shape index (κ3) is 3.71. The van der Waals surface area contributed by atoms with Gasteiger partial charge in [0.05, 0.1) is 18.2 Å². The maximum atomic E-state index is 9.05. The first kappa shape index (κ1) is 14.8. The first-order chi connectivity index (χ1) is 9.74. The Hall–Kier alpha value is -1.59. The van der Waals surface area contributed by atoms with Crippen molar-refractivity contribution in [2.75, 3.05) is 29.9 Å². The molecule has 2 N–H and O–H groups in total. The lowest BCUT2D eigenvalue weighted by Gasteiger charge is -2.22. The molecule has 0 amide bonds. The van der Waals surface area contributed by atoms with Crippen molar-refractivity contribution in [3.05, 3.63) is 40.8 Å². The lowest BCUT2D eigenvalue weighted by Crippen LogP contribution is -2.25. The minimum atomic E-state index is 0.177. The molecule has 0 aliphatic heterocycles. The number of benzene rings is 1. The summed E-state index contributed by atoms with van der Waals surface area (Å²) in [7, 11) is 0. The predicted octanol–water partition coefficient (Wildman–Crippen LogP) is 3.13. The number of aromatic nitrogens is 1. The number of hydrogen-bond donors (Lipinski definition) is 2. The molecule has 0 fully saturated rings. The van der Waals surface area contributed by atoms with Crippen molar-refractivity contribution >= 4 is 22.7 Å². The van der Waals surface area contributed by atoms with E-state index in [1.165, 1.54) is 4.88 Å². The van der Waals surface area contributed by atoms with Crippen LogP contribution in [-0.2, 0) is 0 Å². The summed E-state index contributed by atoms with van der Waals surface area (Å²) in [5.74, 6) is 0. The van der Waals surface area contributed by atoms with Crippen LogP contribution in [0, 0.1) is 0 Å². The SMILES string of the molecule is CCN(CCO)c1ccc(NC(C)c2cncs2)cc1. The predicted molar refractivity (Wildman–Crippen MR) is 85.6 cm³/mol. The van der Waals surface area contributed by atoms with Gasteiger partial charge in [-0.1, -0.05) is 0 Å². The fourth-order valence-electron chi connectivity index (χ4n) is 2.12. The summed E-state index contributed by atoms with van der Waals surface area (Å²) >= 11 is 1.66. The van der Waals surface area contributed by atoms with E-state index in [4.69, 9.17) is 5.11 Å². The maximum Gasteiger partial charge on any atom is 0.0795 e. The van der Waals surface area contributed by atoms with Gasteiger partial charge in [-0.25, -0.2) is 0 Å². The zero-order valence-corrected chi connectivity index (χ0v) is 12.7. The topological polar surface area (TPSA) is 48.4 Å². The number of rotatable bonds is 7. The van der Waals surface area contributed by atoms with Gasteiger partial charge in [0.25, 0.3) is 0 Å². The molecular weight excluding hydrogens is 270 g/mol. The van der Waals surface area contributed by atoms with Gasteiger partial charge in [0.2, 0.25) is 0 Å². The molecule has 108 valence electrons. The van der Waals surface area contributed by atoms with Crippen molar-refractivity contribution in [3.63, 3.8) is 0 Å². The molecule has 0 saturated carbocycles. The maximum absolute atomic E-state index is 9.05. The van der Waals surface area contributed by atoms with Gasteiger partial charge in [-0.15, -0.1) is 11.3 Å². The number of hydrogen-bond acceptors (Lipinski definition) is 5. The van der Waals surface area contributed by atoms with E-state index in [2.05, 4.69) is 53.3 Å². The highest BCUT2D eigenvalue weighted by Crippen LogP contribution is 2.24. The molecule has 1 heterocycles. The summed E-state index contributed by atoms with van der Waals surface area (Å²) in [6.45, 7) is 5.96. The first-order valence-electron chi connectivity index (χ1n) is 6.85. The van der Waals surface area contributed by atoms with E-state index >= 15 is 0 Å². The Kier molecular flexibility index (Phi) is 5.38. The van der Waals surface area contributed by atoms with Crippen LogP contribution in [0.1, 0.15) is 24.8 Å². The standard InChI is InChI=1S/C15H21N3OS/c1-3-18(8-9-19)14-6-4-13(5-7-14)17-12(2)15-10-16-11-20-15/h4-7,10-12,17,19H,3,8-9H2,1-2H3. The fraction of sp³-hybridized carbons (Fsp3) is 0.400. The van der Waals surface area contributed by atoms with Gasteiger partial charge >= 0.3 is 0 Å². The average molecular weight is 291 g/mol. The lowest BCUT2D eigenvalue weighted by atomic mass is 10.2. The molecule has 0 radical (unpaired) electrons. The zero-order valence-electron chi connectivity index (χ0n) is 11.9. The van der Waals surface area contributed by atoms with Crippen molar-refractivity contribution in [1.82, 2.24) is 4.98 Å². The Labute approximate surface area is 124 Å². The quantitative estimate of drug-likeness (QED) is 0.823. The second-order valence-corrected chi connectivity index (χ2v) is 5.54. The number of anilines is 2. The van der Waals surface area contributed by atoms with Crippen molar-refractivity contribution in [3.8, 4) is 0 Å². The number of aliphatic hydroxyl groups excluding tert-OH is 1. The normalized spacial score (nSPS) is 12.2. The van der Waals surface area contributed by atoms with Crippen LogP contribution in [0.15, 0.2) is 36.0 Å². The molecule has 5 heteroatoms. The molecule has 0 aliphatic carbocycles. The molecule has 1 aromatic carbocycles. The van der Waals surface area contributed by atoms with E-state index in [0.29, 0.717) is 6.54 Å². The number of nitrogens with zero attached hydrogens (tertiary/aromatic N) is 2. The minimum Gasteiger partial charge on any atom is -0.395 e. The number of aliphatic hydroxyl groups is 1. The van der Waals surface area contributed by atoms with Crippen LogP contribution < -0.4 is 10.2 Å². The van der Waals surface area contributed by atoms with Gasteiger partial charge in [-0.3, -0.25) is 4.98 Å². The Balaban J connectivity index is 2.01. The minimum absolute atomic E-state index is 0.177. The molecule has 2 aromatic rings. The Morgan fingerprint density at radius 1 is 1.35 bits per heavy atom. The van der Waals surface area contributed by atoms with Gasteiger partial charge in [-0.2, -0.15) is 0 Å². The van der Waals surface area contributed by atoms with E-state index in [-0.39, 0.29) is 12.6 Å². The summed E-state index contributed by atoms with van der Waals surface area (Å²) in [6, 6.07) is 8.58. The molecule has 0 spiro atoms. The third-order valence-corrected chi connectivity index (χ3v) is 4.20. The highest BCUT2D eigenvalue weighted by atomic mass is 32.1. The van der Waals surface area contributed by atoms with E-state index in [0.717, 1.165) is 17.9 Å². The van der Waals surface area contributed by atoms with Crippen LogP contribution in [0.3, 0.4) is 0 Å². The van der Waals surface area contributed by atoms with Crippen LogP contribution in [0.2, 0.25) is 0 Å². The fourth-order valence-corrected chi connectivity index (χ4v) is 2.75. The molecule has 1 aromatic heterocycles. The van der Waals surface area contributed by atoms with Crippen LogP contribution >= 0.6 is 11.3 Å². The largest absolute Gasteiger partial charge is 0.395 e. The van der Waals surface area contributed by atoms with E-state index in [1.807, 2.05) is 11.7 Å². The lowest BCUT2D eigenvalue weighted by molar-refractivity contribution is 0.302. The molecular formula is C15H21N3OS. The number of thiazole rings is 1. The second-order valence-electron chi connectivity index (χ2n) is 4.62. The van der Waals surface area contributed by atoms with Crippen LogP contribution in [-0.4, -0.2) is 29.8 Å². The van der Waals surface area contributed by atoms with Crippen molar-refractivity contribution < 1.29 is 5.11 Å². The highest BCUT2D eigenvalue weighted by Gasteiger charge is 2.07. The summed E-state index contributed by atoms with van der Waals surface area (Å²) < 4.78 is 0. The van der Waals surface area contributed by atoms with Crippen molar-refractivity contribution in [2.24, 2.45) is 0 Å². The van der Waals surface area contributed by atoms with Gasteiger partial charge in [0, 0.05) is 35.5 Å². The Morgan fingerprint density at radius 2 is 2.10 bits per heavy atom. The molecule has 4 nitrogen and oxygen atoms in total. The first-order valence-corrected chi connectivity index (χ1v) is 7.73. The summed E-state index contributed by atoms with van der Waals surface area (Å²) in [5.41, 5.74) is 4.08. The molecule has 20 heavy (non-hydrogen) atoms. The summed E-state index contributed by atoms with van der Waals surface area (Å²) in [4.78, 5) is 7.48. The van der Waals surface area contributed by atoms with Crippen LogP contribution in [0.25, 0.3) is 0 Å². The Bertz CT molecular complexity index is 498. The number of likely N-dealkylation sites (N-methyl/N-ethyl adjacent to an activating group) is 1. The summed E-state index contributed by atoms with van der Waals surface area (Å²) in [6.07, 6.45) is 1.90. The Morgan fingerprint density at radius 3 is 2.65 bits per heavy atom. The average Bonchev–Trinajstić information content (AvgIpc) is 3.00. The molecule has 1 atom stereocenters. The smallest absolute Gasteiger partial charge is 0.0795 e. The molecule has 2 rings (SSSR count). The monoisotopic (exact) mass is 291 g/mol. The zero-order chi connectivity index (χ0) is 14.4. The molecule has 1 unspecified atom stereocenters. The molecule has 0 bridgehead atoms. The van der Waals surface area contributed by atoms with E-state index in [9.17, 15) is 0 Å². The highest BCUT2D eigenvalue weighted by molar-refractivity contribution is 7.09. The van der Waals surface area contributed by atoms with Crippen molar-refractivity contribution in [2.45, 2.75) is 19.9 Å². The molecule has 0 saturated heterocycles. The molecule has 0 aliphatic rings. The van der Waals surface area contributed by atoms with E-state index in [1.54, 1.807) is 11.3 Å². The van der Waals surface area contributed by atoms with Crippen LogP contribution in [0.5, 0.6) is 0 Å².